The Morgan fingerprint density at radius 1 is 1.35 bits per heavy atom. The van der Waals surface area contributed by atoms with Crippen LogP contribution in [0.2, 0.25) is 0 Å². The quantitative estimate of drug-likeness (QED) is 0.737. The standard InChI is InChI=1S/C9H8BrNO6/c10-6-2-1-5(17-6)8(14)11-4(9(15)16)3-7(12)13/h1-2,4H,3H2,(H,11,14)(H,12,13)(H,15,16). The van der Waals surface area contributed by atoms with Crippen LogP contribution >= 0.6 is 15.9 Å². The first-order chi connectivity index (χ1) is 7.90. The van der Waals surface area contributed by atoms with E-state index in [1.165, 1.54) is 12.1 Å². The summed E-state index contributed by atoms with van der Waals surface area (Å²) in [6, 6.07) is 1.30. The van der Waals surface area contributed by atoms with Gasteiger partial charge < -0.3 is 19.9 Å². The average molecular weight is 306 g/mol. The van der Waals surface area contributed by atoms with E-state index in [0.717, 1.165) is 0 Å². The maximum Gasteiger partial charge on any atom is 0.326 e. The third kappa shape index (κ3) is 3.91. The molecule has 0 saturated heterocycles. The first kappa shape index (κ1) is 13.2. The Hall–Kier alpha value is -1.83. The van der Waals surface area contributed by atoms with Gasteiger partial charge in [0.1, 0.15) is 6.04 Å². The van der Waals surface area contributed by atoms with Crippen molar-refractivity contribution in [2.24, 2.45) is 0 Å². The number of nitrogens with one attached hydrogen (secondary N) is 1. The largest absolute Gasteiger partial charge is 0.481 e. The lowest BCUT2D eigenvalue weighted by molar-refractivity contribution is -0.145. The Morgan fingerprint density at radius 3 is 2.41 bits per heavy atom. The normalized spacial score (nSPS) is 11.8. The molecule has 0 radical (unpaired) electrons. The molecule has 1 atom stereocenters. The number of carboxylic acids is 2. The highest BCUT2D eigenvalue weighted by Crippen LogP contribution is 2.14. The van der Waals surface area contributed by atoms with Crippen LogP contribution in [-0.4, -0.2) is 34.1 Å². The molecule has 0 aromatic carbocycles. The zero-order valence-corrected chi connectivity index (χ0v) is 9.93. The van der Waals surface area contributed by atoms with Crippen LogP contribution < -0.4 is 5.32 Å². The van der Waals surface area contributed by atoms with E-state index in [1.54, 1.807) is 0 Å². The number of carboxylic acid groups (broad SMARTS) is 2. The summed E-state index contributed by atoms with van der Waals surface area (Å²) in [4.78, 5) is 32.6. The van der Waals surface area contributed by atoms with Gasteiger partial charge in [-0.1, -0.05) is 0 Å². The molecule has 17 heavy (non-hydrogen) atoms. The molecular weight excluding hydrogens is 298 g/mol. The third-order valence-electron chi connectivity index (χ3n) is 1.78. The molecule has 0 aliphatic rings. The fraction of sp³-hybridized carbons (Fsp3) is 0.222. The topological polar surface area (TPSA) is 117 Å². The van der Waals surface area contributed by atoms with Gasteiger partial charge in [-0.3, -0.25) is 9.59 Å². The summed E-state index contributed by atoms with van der Waals surface area (Å²) in [5.74, 6) is -3.64. The van der Waals surface area contributed by atoms with Gasteiger partial charge in [-0.05, 0) is 28.1 Å². The molecule has 0 bridgehead atoms. The van der Waals surface area contributed by atoms with E-state index < -0.39 is 30.3 Å². The molecule has 1 aromatic heterocycles. The fourth-order valence-corrected chi connectivity index (χ4v) is 1.35. The number of carbonyl (C=O) groups is 3. The number of rotatable bonds is 5. The second kappa shape index (κ2) is 5.48. The molecule has 3 N–H and O–H groups in total. The van der Waals surface area contributed by atoms with Crippen LogP contribution in [0.1, 0.15) is 17.0 Å². The highest BCUT2D eigenvalue weighted by atomic mass is 79.9. The Balaban J connectivity index is 2.70. The van der Waals surface area contributed by atoms with Gasteiger partial charge in [0.25, 0.3) is 5.91 Å². The Kier molecular flexibility index (Phi) is 4.27. The molecule has 92 valence electrons. The summed E-state index contributed by atoms with van der Waals surface area (Å²) in [7, 11) is 0. The van der Waals surface area contributed by atoms with Crippen LogP contribution in [0.5, 0.6) is 0 Å². The van der Waals surface area contributed by atoms with Crippen molar-refractivity contribution in [3.63, 3.8) is 0 Å². The summed E-state index contributed by atoms with van der Waals surface area (Å²) in [5, 5.41) is 19.2. The van der Waals surface area contributed by atoms with Crippen molar-refractivity contribution in [1.29, 1.82) is 0 Å². The molecule has 0 aliphatic carbocycles. The highest BCUT2D eigenvalue weighted by molar-refractivity contribution is 9.10. The number of hydrogen-bond donors (Lipinski definition) is 3. The van der Waals surface area contributed by atoms with Crippen molar-refractivity contribution in [2.45, 2.75) is 12.5 Å². The number of hydrogen-bond acceptors (Lipinski definition) is 4. The Bertz CT molecular complexity index is 454. The lowest BCUT2D eigenvalue weighted by Crippen LogP contribution is -2.42. The lowest BCUT2D eigenvalue weighted by Gasteiger charge is -2.10. The molecule has 1 amide bonds. The van der Waals surface area contributed by atoms with E-state index in [9.17, 15) is 14.4 Å². The van der Waals surface area contributed by atoms with Crippen LogP contribution in [0.3, 0.4) is 0 Å². The first-order valence-corrected chi connectivity index (χ1v) is 5.20. The summed E-state index contributed by atoms with van der Waals surface area (Å²) in [6.45, 7) is 0. The van der Waals surface area contributed by atoms with E-state index in [1.807, 2.05) is 5.32 Å². The van der Waals surface area contributed by atoms with Crippen molar-refractivity contribution in [3.05, 3.63) is 22.6 Å². The Labute approximate surface area is 104 Å². The molecule has 1 aromatic rings. The SMILES string of the molecule is O=C(O)CC(NC(=O)c1ccc(Br)o1)C(=O)O. The van der Waals surface area contributed by atoms with E-state index in [0.29, 0.717) is 4.67 Å². The molecule has 1 heterocycles. The van der Waals surface area contributed by atoms with E-state index in [4.69, 9.17) is 14.6 Å². The number of carbonyl (C=O) groups excluding carboxylic acids is 1. The van der Waals surface area contributed by atoms with Gasteiger partial charge in [0.05, 0.1) is 6.42 Å². The zero-order valence-electron chi connectivity index (χ0n) is 8.34. The first-order valence-electron chi connectivity index (χ1n) is 4.41. The van der Waals surface area contributed by atoms with Gasteiger partial charge in [-0.2, -0.15) is 0 Å². The van der Waals surface area contributed by atoms with Gasteiger partial charge in [0, 0.05) is 0 Å². The second-order valence-corrected chi connectivity index (χ2v) is 3.85. The molecule has 0 fully saturated rings. The fourth-order valence-electron chi connectivity index (χ4n) is 1.04. The van der Waals surface area contributed by atoms with Crippen molar-refractivity contribution in [2.75, 3.05) is 0 Å². The minimum absolute atomic E-state index is 0.103. The van der Waals surface area contributed by atoms with Crippen LogP contribution in [-0.2, 0) is 9.59 Å². The minimum atomic E-state index is -1.50. The van der Waals surface area contributed by atoms with Gasteiger partial charge in [0.2, 0.25) is 0 Å². The lowest BCUT2D eigenvalue weighted by atomic mass is 10.2. The maximum absolute atomic E-state index is 11.5. The Morgan fingerprint density at radius 2 is 2.00 bits per heavy atom. The summed E-state index contributed by atoms with van der Waals surface area (Å²) in [5.41, 5.74) is 0. The van der Waals surface area contributed by atoms with Crippen molar-refractivity contribution in [3.8, 4) is 0 Å². The average Bonchev–Trinajstić information content (AvgIpc) is 2.63. The molecule has 1 rings (SSSR count). The van der Waals surface area contributed by atoms with Crippen LogP contribution in [0.15, 0.2) is 21.2 Å². The van der Waals surface area contributed by atoms with Crippen LogP contribution in [0.4, 0.5) is 0 Å². The molecule has 1 unspecified atom stereocenters. The number of amides is 1. The molecule has 8 heteroatoms. The van der Waals surface area contributed by atoms with Crippen molar-refractivity contribution in [1.82, 2.24) is 5.32 Å². The number of furan rings is 1. The van der Waals surface area contributed by atoms with Gasteiger partial charge in [-0.15, -0.1) is 0 Å². The van der Waals surface area contributed by atoms with Gasteiger partial charge in [0.15, 0.2) is 10.4 Å². The van der Waals surface area contributed by atoms with Gasteiger partial charge >= 0.3 is 11.9 Å². The summed E-state index contributed by atoms with van der Waals surface area (Å²) < 4.78 is 5.21. The minimum Gasteiger partial charge on any atom is -0.481 e. The number of halogens is 1. The summed E-state index contributed by atoms with van der Waals surface area (Å²) >= 11 is 2.98. The molecule has 7 nitrogen and oxygen atoms in total. The number of aliphatic carboxylic acids is 2. The van der Waals surface area contributed by atoms with E-state index in [2.05, 4.69) is 15.9 Å². The highest BCUT2D eigenvalue weighted by Gasteiger charge is 2.24. The predicted molar refractivity (Wildman–Crippen MR) is 57.6 cm³/mol. The zero-order chi connectivity index (χ0) is 13.0. The summed E-state index contributed by atoms with van der Waals surface area (Å²) in [6.07, 6.45) is -0.705. The smallest absolute Gasteiger partial charge is 0.326 e. The van der Waals surface area contributed by atoms with Crippen LogP contribution in [0.25, 0.3) is 0 Å². The molecule has 0 saturated carbocycles. The van der Waals surface area contributed by atoms with Crippen LogP contribution in [0, 0.1) is 0 Å². The molecule has 0 aliphatic heterocycles. The molecule has 0 spiro atoms. The van der Waals surface area contributed by atoms with E-state index >= 15 is 0 Å². The van der Waals surface area contributed by atoms with E-state index in [-0.39, 0.29) is 5.76 Å². The van der Waals surface area contributed by atoms with Crippen molar-refractivity contribution < 1.29 is 29.0 Å². The maximum atomic E-state index is 11.5. The second-order valence-electron chi connectivity index (χ2n) is 3.07. The third-order valence-corrected chi connectivity index (χ3v) is 2.21. The van der Waals surface area contributed by atoms with Gasteiger partial charge in [-0.25, -0.2) is 4.79 Å². The molecular formula is C9H8BrNO6. The monoisotopic (exact) mass is 305 g/mol. The predicted octanol–water partition coefficient (Wildman–Crippen LogP) is 0.700. The van der Waals surface area contributed by atoms with Crippen molar-refractivity contribution >= 4 is 33.8 Å².